The molecule has 1 fully saturated rings. The van der Waals surface area contributed by atoms with Crippen molar-refractivity contribution in [2.75, 3.05) is 6.61 Å². The van der Waals surface area contributed by atoms with Crippen molar-refractivity contribution in [2.45, 2.75) is 32.4 Å². The molecule has 0 bridgehead atoms. The molecule has 0 saturated carbocycles. The van der Waals surface area contributed by atoms with Gasteiger partial charge in [-0.25, -0.2) is 0 Å². The predicted molar refractivity (Wildman–Crippen MR) is 104 cm³/mol. The van der Waals surface area contributed by atoms with Crippen molar-refractivity contribution in [2.24, 2.45) is 0 Å². The molecule has 0 radical (unpaired) electrons. The second-order valence-corrected chi connectivity index (χ2v) is 7.34. The molecule has 1 aliphatic rings. The molecule has 0 spiro atoms. The monoisotopic (exact) mass is 400 g/mol. The zero-order chi connectivity index (χ0) is 20.1. The van der Waals surface area contributed by atoms with Crippen molar-refractivity contribution in [3.8, 4) is 5.75 Å². The number of amides is 1. The van der Waals surface area contributed by atoms with Crippen LogP contribution in [-0.2, 0) is 20.7 Å². The van der Waals surface area contributed by atoms with Crippen molar-refractivity contribution < 1.29 is 23.9 Å². The zero-order valence-corrected chi connectivity index (χ0v) is 16.3. The van der Waals surface area contributed by atoms with Gasteiger partial charge in [-0.3, -0.25) is 19.4 Å². The molecule has 1 amide bonds. The first-order valence-corrected chi connectivity index (χ1v) is 9.57. The summed E-state index contributed by atoms with van der Waals surface area (Å²) >= 11 is 0.705. The number of carbonyl (C=O) groups is 3. The van der Waals surface area contributed by atoms with Gasteiger partial charge < -0.3 is 14.8 Å². The smallest absolute Gasteiger partial charge is 0.303 e. The van der Waals surface area contributed by atoms with E-state index in [0.29, 0.717) is 29.6 Å². The second-order valence-electron chi connectivity index (χ2n) is 6.37. The topological polar surface area (TPSA) is 94.6 Å². The van der Waals surface area contributed by atoms with Crippen LogP contribution in [-0.4, -0.2) is 34.0 Å². The number of ether oxygens (including phenoxy) is 2. The van der Waals surface area contributed by atoms with Crippen molar-refractivity contribution in [3.05, 3.63) is 59.4 Å². The molecule has 8 heteroatoms. The van der Waals surface area contributed by atoms with Crippen LogP contribution in [0.5, 0.6) is 5.75 Å². The standard InChI is InChI=1S/C20H20N2O5S/c1-12-4-3-5-16(21-12)18(27-13(2)23)11-26-15-8-6-14(7-9-15)10-17-19(24)28-20(25)22-17/h3-9,17-18H,10-11H2,1-2H3,(H,22,25). The van der Waals surface area contributed by atoms with Crippen molar-refractivity contribution >= 4 is 28.1 Å². The number of aryl methyl sites for hydroxylation is 1. The van der Waals surface area contributed by atoms with Gasteiger partial charge in [-0.1, -0.05) is 18.2 Å². The van der Waals surface area contributed by atoms with E-state index in [1.807, 2.05) is 31.2 Å². The number of aromatic nitrogens is 1. The van der Waals surface area contributed by atoms with Gasteiger partial charge in [0.05, 0.1) is 5.69 Å². The van der Waals surface area contributed by atoms with Gasteiger partial charge in [-0.15, -0.1) is 0 Å². The first kappa shape index (κ1) is 19.9. The molecule has 1 aromatic heterocycles. The van der Waals surface area contributed by atoms with Gasteiger partial charge in [-0.2, -0.15) is 0 Å². The number of nitrogens with zero attached hydrogens (tertiary/aromatic N) is 1. The Labute approximate surface area is 166 Å². The number of thioether (sulfide) groups is 1. The van der Waals surface area contributed by atoms with Crippen molar-refractivity contribution in [1.82, 2.24) is 10.3 Å². The largest absolute Gasteiger partial charge is 0.489 e. The number of esters is 1. The molecule has 28 heavy (non-hydrogen) atoms. The Balaban J connectivity index is 1.61. The summed E-state index contributed by atoms with van der Waals surface area (Å²) in [6, 6.07) is 12.2. The molecule has 2 unspecified atom stereocenters. The van der Waals surface area contributed by atoms with Gasteiger partial charge >= 0.3 is 5.97 Å². The van der Waals surface area contributed by atoms with Crippen LogP contribution >= 0.6 is 11.8 Å². The Morgan fingerprint density at radius 1 is 1.21 bits per heavy atom. The molecule has 7 nitrogen and oxygen atoms in total. The summed E-state index contributed by atoms with van der Waals surface area (Å²) in [7, 11) is 0. The predicted octanol–water partition coefficient (Wildman–Crippen LogP) is 2.97. The fraction of sp³-hybridized carbons (Fsp3) is 0.300. The minimum atomic E-state index is -0.611. The first-order chi connectivity index (χ1) is 13.4. The molecule has 2 aromatic rings. The van der Waals surface area contributed by atoms with E-state index >= 15 is 0 Å². The van der Waals surface area contributed by atoms with Gasteiger partial charge in [0.1, 0.15) is 18.4 Å². The minimum absolute atomic E-state index is 0.128. The molecular formula is C20H20N2O5S. The third-order valence-corrected chi connectivity index (χ3v) is 4.87. The quantitative estimate of drug-likeness (QED) is 0.714. The summed E-state index contributed by atoms with van der Waals surface area (Å²) in [5.74, 6) is 0.193. The van der Waals surface area contributed by atoms with Gasteiger partial charge in [0.25, 0.3) is 5.24 Å². The van der Waals surface area contributed by atoms with E-state index in [9.17, 15) is 14.4 Å². The number of rotatable bonds is 7. The molecule has 1 N–H and O–H groups in total. The van der Waals surface area contributed by atoms with Crippen LogP contribution in [0, 0.1) is 6.92 Å². The molecule has 1 aromatic carbocycles. The Morgan fingerprint density at radius 3 is 2.57 bits per heavy atom. The summed E-state index contributed by atoms with van der Waals surface area (Å²) in [6.07, 6.45) is -0.179. The number of pyridine rings is 1. The highest BCUT2D eigenvalue weighted by atomic mass is 32.2. The Hall–Kier alpha value is -2.87. The molecule has 146 valence electrons. The number of carbonyl (C=O) groups excluding carboxylic acids is 3. The van der Waals surface area contributed by atoms with Gasteiger partial charge in [0, 0.05) is 30.8 Å². The van der Waals surface area contributed by atoms with Crippen LogP contribution in [0.4, 0.5) is 4.79 Å². The summed E-state index contributed by atoms with van der Waals surface area (Å²) in [5, 5.41) is 2.16. The molecule has 2 heterocycles. The van der Waals surface area contributed by atoms with Gasteiger partial charge in [0.15, 0.2) is 6.10 Å². The Bertz CT molecular complexity index is 884. The van der Waals surface area contributed by atoms with E-state index in [1.165, 1.54) is 6.92 Å². The number of hydrogen-bond acceptors (Lipinski definition) is 7. The van der Waals surface area contributed by atoms with Crippen LogP contribution in [0.3, 0.4) is 0 Å². The third-order valence-electron chi connectivity index (χ3n) is 4.08. The lowest BCUT2D eigenvalue weighted by Crippen LogP contribution is -2.30. The lowest BCUT2D eigenvalue weighted by molar-refractivity contribution is -0.148. The molecule has 3 rings (SSSR count). The summed E-state index contributed by atoms with van der Waals surface area (Å²) in [6.45, 7) is 3.34. The minimum Gasteiger partial charge on any atom is -0.489 e. The van der Waals surface area contributed by atoms with Crippen LogP contribution in [0.2, 0.25) is 0 Å². The lowest BCUT2D eigenvalue weighted by Gasteiger charge is -2.18. The van der Waals surface area contributed by atoms with Crippen LogP contribution in [0.25, 0.3) is 0 Å². The fourth-order valence-electron chi connectivity index (χ4n) is 2.78. The molecule has 0 aliphatic carbocycles. The second kappa shape index (κ2) is 8.88. The van der Waals surface area contributed by atoms with E-state index in [2.05, 4.69) is 10.3 Å². The first-order valence-electron chi connectivity index (χ1n) is 8.75. The molecule has 2 atom stereocenters. The van der Waals surface area contributed by atoms with E-state index < -0.39 is 18.1 Å². The maximum Gasteiger partial charge on any atom is 0.303 e. The highest BCUT2D eigenvalue weighted by Gasteiger charge is 2.31. The van der Waals surface area contributed by atoms with Crippen molar-refractivity contribution in [3.63, 3.8) is 0 Å². The highest BCUT2D eigenvalue weighted by Crippen LogP contribution is 2.22. The number of benzene rings is 1. The van der Waals surface area contributed by atoms with Gasteiger partial charge in [-0.05, 0) is 36.8 Å². The SMILES string of the molecule is CC(=O)OC(COc1ccc(CC2NC(=O)SC2=O)cc1)c1cccc(C)n1. The maximum absolute atomic E-state index is 11.7. The van der Waals surface area contributed by atoms with Crippen LogP contribution in [0.1, 0.15) is 30.0 Å². The maximum atomic E-state index is 11.7. The Kier molecular flexibility index (Phi) is 6.30. The molecule has 1 aliphatic heterocycles. The molecular weight excluding hydrogens is 380 g/mol. The Morgan fingerprint density at radius 2 is 1.96 bits per heavy atom. The number of nitrogens with one attached hydrogen (secondary N) is 1. The number of hydrogen-bond donors (Lipinski definition) is 1. The summed E-state index contributed by atoms with van der Waals surface area (Å²) in [5.41, 5.74) is 2.36. The van der Waals surface area contributed by atoms with E-state index in [-0.39, 0.29) is 17.0 Å². The van der Waals surface area contributed by atoms with Gasteiger partial charge in [0.2, 0.25) is 5.12 Å². The van der Waals surface area contributed by atoms with E-state index in [1.54, 1.807) is 18.2 Å². The normalized spacial score (nSPS) is 17.1. The average Bonchev–Trinajstić information content (AvgIpc) is 2.96. The molecule has 1 saturated heterocycles. The average molecular weight is 400 g/mol. The van der Waals surface area contributed by atoms with E-state index in [0.717, 1.165) is 11.3 Å². The fourth-order valence-corrected chi connectivity index (χ4v) is 3.45. The third kappa shape index (κ3) is 5.32. The lowest BCUT2D eigenvalue weighted by atomic mass is 10.1. The van der Waals surface area contributed by atoms with Crippen LogP contribution < -0.4 is 10.1 Å². The zero-order valence-electron chi connectivity index (χ0n) is 15.5. The van der Waals surface area contributed by atoms with E-state index in [4.69, 9.17) is 9.47 Å². The highest BCUT2D eigenvalue weighted by molar-refractivity contribution is 8.26. The summed E-state index contributed by atoms with van der Waals surface area (Å²) < 4.78 is 11.1. The van der Waals surface area contributed by atoms with Crippen molar-refractivity contribution in [1.29, 1.82) is 0 Å². The summed E-state index contributed by atoms with van der Waals surface area (Å²) in [4.78, 5) is 38.7. The van der Waals surface area contributed by atoms with Crippen LogP contribution in [0.15, 0.2) is 42.5 Å².